The number of aliphatic hydroxyl groups excluding tert-OH is 24. The summed E-state index contributed by atoms with van der Waals surface area (Å²) in [5.74, 6) is -9.80. The summed E-state index contributed by atoms with van der Waals surface area (Å²) in [5, 5.41) is 288. The zero-order valence-corrected chi connectivity index (χ0v) is 85.7. The maximum absolute atomic E-state index is 14.2. The van der Waals surface area contributed by atoms with Gasteiger partial charge < -0.3 is 221 Å². The van der Waals surface area contributed by atoms with Crippen LogP contribution in [0.15, 0.2) is 36.5 Å². The highest BCUT2D eigenvalue weighted by atomic mass is 16.8. The molecule has 0 amide bonds. The van der Waals surface area contributed by atoms with Gasteiger partial charge in [0.15, 0.2) is 49.8 Å². The molecular formula is C99H177N3O42. The van der Waals surface area contributed by atoms with Crippen LogP contribution in [0.25, 0.3) is 0 Å². The van der Waals surface area contributed by atoms with E-state index in [2.05, 4.69) is 0 Å². The minimum atomic E-state index is -3.01. The number of rotatable bonds is 30. The summed E-state index contributed by atoms with van der Waals surface area (Å²) < 4.78 is 102. The Bertz CT molecular complexity index is 3780. The van der Waals surface area contributed by atoms with Gasteiger partial charge in [-0.2, -0.15) is 0 Å². The van der Waals surface area contributed by atoms with Crippen molar-refractivity contribution in [3.05, 3.63) is 36.5 Å². The normalized spacial score (nSPS) is 48.4. The molecule has 45 heteroatoms. The number of unbranched alkanes of at least 4 members (excludes halogenated alkanes) is 1. The average molecular weight is 2080 g/mol. The second kappa shape index (κ2) is 56.4. The summed E-state index contributed by atoms with van der Waals surface area (Å²) >= 11 is 0. The number of carbonyl (C=O) groups is 1. The summed E-state index contributed by atoms with van der Waals surface area (Å²) in [6.07, 6.45) is -59.3. The fraction of sp³-hybridized carbons (Fsp3) is 0.929. The topological polar surface area (TPSA) is 749 Å². The fourth-order valence-corrected chi connectivity index (χ4v) is 20.6. The lowest BCUT2D eigenvalue weighted by Crippen LogP contribution is -2.68. The fourth-order valence-electron chi connectivity index (χ4n) is 20.6. The number of carbonyl (C=O) groups excluding carboxylic acids is 1. The van der Waals surface area contributed by atoms with E-state index in [0.29, 0.717) is 32.1 Å². The molecule has 0 aromatic rings. The summed E-state index contributed by atoms with van der Waals surface area (Å²) in [4.78, 5) is 14.2. The standard InChI is InChI=1S/C99H177N3O42/c1-42-21-17-19-25-62(109)47(6)65(112)32-59(108)34-68(136-94-84(122)82(120)80(118)71(40-103)138-94)49(8)69-37-66(113)92(126)99(128,144-69)38-70(43(2)27-29-58(107)31-56(105)24-20-26-63(110)48(7)93(127)135-67(42)33-57(106)23-18-16-22-44(3)76(114)45(4)28-30-64(111)46(5)50(9)129-75-39-98(15,102)91(125)55(14)132-75)137-97-90(143-95-85(123)83(121)81(119)72(41-104)139-95)89(141-74-36-61(101)78(116)52(11)131-74)87(54(13)134-97)142-96-86(124)88(79(117)53(12)133-96)140-73-35-60(100)77(115)51(10)130-73/h17,19-21,25-26,42-92,94-97,103-126,128H,16,18,22-24,27-41,100-102H2,1-15H3/b21-17+,25-19+,26-20+/t42-,43+,44+,45+,46+,47+,48-,49-,50-,51-,52+,53-,54+,55+,56-,57-,58+,59+,60+,61+,62-,63-,64-,65-,66-,67-,68+,69+,70+,71-,72+,73+,74-,75-,76-,77+,78+,79+,80-,81-,82+,83-,84+,85+,86+,87+,88-,89-,90-,91+,92-,94+,95+,96-,97+,98+,99-/m0/s1. The van der Waals surface area contributed by atoms with Gasteiger partial charge in [0.1, 0.15) is 97.7 Å². The number of hydrogen-bond donors (Lipinski definition) is 28. The Labute approximate surface area is 843 Å². The van der Waals surface area contributed by atoms with Crippen molar-refractivity contribution in [3.8, 4) is 0 Å². The van der Waals surface area contributed by atoms with Crippen molar-refractivity contribution in [3.63, 3.8) is 0 Å². The first-order valence-electron chi connectivity index (χ1n) is 51.8. The third-order valence-corrected chi connectivity index (χ3v) is 31.3. The first-order valence-corrected chi connectivity index (χ1v) is 51.8. The molecule has 2 bridgehead atoms. The Morgan fingerprint density at radius 2 is 0.986 bits per heavy atom. The van der Waals surface area contributed by atoms with Gasteiger partial charge in [0, 0.05) is 86.2 Å². The van der Waals surface area contributed by atoms with Crippen LogP contribution in [0.1, 0.15) is 219 Å². The van der Waals surface area contributed by atoms with Crippen molar-refractivity contribution in [2.24, 2.45) is 64.5 Å². The minimum Gasteiger partial charge on any atom is -0.461 e. The van der Waals surface area contributed by atoms with E-state index < -0.39 is 374 Å². The molecule has 0 unspecified atom stereocenters. The molecule has 8 fully saturated rings. The molecule has 0 aliphatic carbocycles. The van der Waals surface area contributed by atoms with Gasteiger partial charge in [0.25, 0.3) is 0 Å². The number of aliphatic hydroxyl groups is 25. The molecule has 31 N–H and O–H groups in total. The first-order chi connectivity index (χ1) is 67.5. The number of fused-ring (bicyclic) bond motifs is 2. The zero-order chi connectivity index (χ0) is 107. The second-order valence-corrected chi connectivity index (χ2v) is 43.3. The summed E-state index contributed by atoms with van der Waals surface area (Å²) in [7, 11) is 0. The lowest BCUT2D eigenvalue weighted by molar-refractivity contribution is -0.408. The van der Waals surface area contributed by atoms with E-state index in [0.717, 1.165) is 0 Å². The van der Waals surface area contributed by atoms with Crippen LogP contribution in [0.4, 0.5) is 0 Å². The van der Waals surface area contributed by atoms with E-state index in [4.69, 9.17) is 93.0 Å². The smallest absolute Gasteiger partial charge is 0.311 e. The van der Waals surface area contributed by atoms with Gasteiger partial charge in [0.05, 0.1) is 153 Å². The summed E-state index contributed by atoms with van der Waals surface area (Å²) in [6, 6.07) is -1.91. The molecular weight excluding hydrogens is 1900 g/mol. The number of ether oxygens (including phenoxy) is 16. The Morgan fingerprint density at radius 1 is 0.451 bits per heavy atom. The molecule has 9 rings (SSSR count). The van der Waals surface area contributed by atoms with E-state index in [1.54, 1.807) is 46.8 Å². The van der Waals surface area contributed by atoms with Gasteiger partial charge in [-0.05, 0) is 131 Å². The molecule has 0 aromatic heterocycles. The largest absolute Gasteiger partial charge is 0.461 e. The molecule has 9 aliphatic heterocycles. The van der Waals surface area contributed by atoms with Gasteiger partial charge in [-0.1, -0.05) is 97.8 Å². The first kappa shape index (κ1) is 124. The zero-order valence-electron chi connectivity index (χ0n) is 85.7. The highest BCUT2D eigenvalue weighted by Crippen LogP contribution is 2.45. The van der Waals surface area contributed by atoms with Crippen LogP contribution in [-0.2, 0) is 80.6 Å². The highest BCUT2D eigenvalue weighted by molar-refractivity contribution is 5.73. The lowest BCUT2D eigenvalue weighted by Gasteiger charge is -2.52. The molecule has 144 heavy (non-hydrogen) atoms. The van der Waals surface area contributed by atoms with Gasteiger partial charge in [-0.25, -0.2) is 0 Å². The Balaban J connectivity index is 1.00. The number of hydrogen-bond acceptors (Lipinski definition) is 45. The van der Waals surface area contributed by atoms with Crippen LogP contribution < -0.4 is 17.2 Å². The molecule has 0 spiro atoms. The van der Waals surface area contributed by atoms with E-state index in [1.165, 1.54) is 65.8 Å². The van der Waals surface area contributed by atoms with Crippen molar-refractivity contribution in [2.75, 3.05) is 13.2 Å². The number of esters is 1. The Hall–Kier alpha value is -3.03. The lowest BCUT2D eigenvalue weighted by atomic mass is 9.82. The highest BCUT2D eigenvalue weighted by Gasteiger charge is 2.60. The molecule has 840 valence electrons. The predicted molar refractivity (Wildman–Crippen MR) is 507 cm³/mol. The van der Waals surface area contributed by atoms with Gasteiger partial charge in [0.2, 0.25) is 0 Å². The SMILES string of the molecule is C[C@H]1[C@H](O[C@@H]2O[C@@H](CO)[C@H](O)[C@@H](O)[C@H]2O)C[C@H](O)C[C@H](O)[C@H](C)[C@@H](O)/C=C/C=C/[C@H](C)[C@H](C[C@@H](O)CCCC[C@@H](C)[C@H](O)[C@H](C)CC[C@H](O)[C@H](C)[C@H](C)O[C@@H]2C[C@@](C)(N)[C@H](O)[C@@H](C)O2)OC(=O)[C@@H](C)[C@@H](O)/C=C/C[C@H](O)C[C@H](O)CC[C@@H](C)[C@H](O[C@H]2O[C@H](C)[C@@H](O[C@@H]3O[C@@H](C)[C@@H](O)[C@H](O[C@@H]4C[C@@H](N)[C@H](O)[C@H](C)O4)[C@H]3O)[C@H](O[C@H]3C[C@@H](N)[C@H](O)[C@@H](C)O3)[C@@H]2O[C@H]2O[C@H](CO)[C@H](O)[C@H](O)[C@H]2O)C[C@]2(O)O[C@@H]1C[C@H](O)[C@@H]2O. The van der Waals surface area contributed by atoms with Crippen molar-refractivity contribution >= 4 is 5.97 Å². The Morgan fingerprint density at radius 3 is 1.58 bits per heavy atom. The third kappa shape index (κ3) is 33.3. The number of allylic oxidation sites excluding steroid dienone is 2. The molecule has 0 saturated carbocycles. The molecule has 0 aromatic carbocycles. The third-order valence-electron chi connectivity index (χ3n) is 31.3. The van der Waals surface area contributed by atoms with Crippen LogP contribution in [0, 0.1) is 47.3 Å². The summed E-state index contributed by atoms with van der Waals surface area (Å²) in [5.41, 5.74) is 18.2. The van der Waals surface area contributed by atoms with Crippen LogP contribution in [0.3, 0.4) is 0 Å². The summed E-state index contributed by atoms with van der Waals surface area (Å²) in [6.45, 7) is 22.7. The number of nitrogens with two attached hydrogens (primary N) is 3. The van der Waals surface area contributed by atoms with Crippen molar-refractivity contribution in [1.29, 1.82) is 0 Å². The second-order valence-electron chi connectivity index (χ2n) is 43.3. The monoisotopic (exact) mass is 2080 g/mol. The average Bonchev–Trinajstić information content (AvgIpc) is 0.758. The van der Waals surface area contributed by atoms with Crippen LogP contribution in [0.5, 0.6) is 0 Å². The van der Waals surface area contributed by atoms with E-state index >= 15 is 0 Å². The quantitative estimate of drug-likeness (QED) is 0.0185. The predicted octanol–water partition coefficient (Wildman–Crippen LogP) is -4.04. The number of cyclic esters (lactones) is 1. The molecule has 9 aliphatic rings. The minimum absolute atomic E-state index is 0.0756. The van der Waals surface area contributed by atoms with Gasteiger partial charge in [-0.3, -0.25) is 4.79 Å². The van der Waals surface area contributed by atoms with Crippen LogP contribution in [0.2, 0.25) is 0 Å². The molecule has 9 heterocycles. The maximum Gasteiger partial charge on any atom is 0.311 e. The van der Waals surface area contributed by atoms with Crippen LogP contribution in [-0.4, -0.2) is 446 Å². The van der Waals surface area contributed by atoms with Crippen molar-refractivity contribution < 1.29 is 208 Å². The Kier molecular flexibility index (Phi) is 48.7. The van der Waals surface area contributed by atoms with E-state index in [1.807, 2.05) is 27.7 Å². The van der Waals surface area contributed by atoms with Gasteiger partial charge >= 0.3 is 5.97 Å². The van der Waals surface area contributed by atoms with E-state index in [9.17, 15) is 132 Å². The van der Waals surface area contributed by atoms with Gasteiger partial charge in [-0.15, -0.1) is 0 Å². The molecule has 45 nitrogen and oxygen atoms in total. The van der Waals surface area contributed by atoms with Crippen molar-refractivity contribution in [1.82, 2.24) is 0 Å². The molecule has 8 saturated heterocycles. The van der Waals surface area contributed by atoms with E-state index in [-0.39, 0.29) is 75.5 Å². The molecule has 57 atom stereocenters. The van der Waals surface area contributed by atoms with Crippen LogP contribution >= 0.6 is 0 Å². The maximum atomic E-state index is 14.2. The molecule has 0 radical (unpaired) electrons. The van der Waals surface area contributed by atoms with Crippen molar-refractivity contribution in [2.45, 2.75) is 519 Å².